The van der Waals surface area contributed by atoms with Gasteiger partial charge in [0.1, 0.15) is 22.9 Å². The van der Waals surface area contributed by atoms with E-state index in [0.717, 1.165) is 11.3 Å². The number of rotatable bonds is 2. The van der Waals surface area contributed by atoms with E-state index >= 15 is 0 Å². The first-order valence-electron chi connectivity index (χ1n) is 5.43. The van der Waals surface area contributed by atoms with Crippen molar-refractivity contribution in [1.82, 2.24) is 4.98 Å². The SMILES string of the molecule is Cc1cc(C(C)(O)c2ccc(N)nc2)c(C)o1. The van der Waals surface area contributed by atoms with Crippen LogP contribution in [0.1, 0.15) is 29.6 Å². The summed E-state index contributed by atoms with van der Waals surface area (Å²) in [6.07, 6.45) is 1.58. The molecule has 0 saturated carbocycles. The molecule has 1 atom stereocenters. The van der Waals surface area contributed by atoms with E-state index in [-0.39, 0.29) is 0 Å². The van der Waals surface area contributed by atoms with E-state index in [2.05, 4.69) is 4.98 Å². The van der Waals surface area contributed by atoms with Gasteiger partial charge in [-0.1, -0.05) is 6.07 Å². The second kappa shape index (κ2) is 3.89. The van der Waals surface area contributed by atoms with Crippen molar-refractivity contribution < 1.29 is 9.52 Å². The molecule has 2 heterocycles. The van der Waals surface area contributed by atoms with Gasteiger partial charge in [0.25, 0.3) is 0 Å². The first-order valence-corrected chi connectivity index (χ1v) is 5.43. The molecule has 2 aromatic rings. The second-order valence-electron chi connectivity index (χ2n) is 4.37. The number of pyridine rings is 1. The number of aliphatic hydroxyl groups is 1. The lowest BCUT2D eigenvalue weighted by molar-refractivity contribution is 0.100. The molecule has 0 fully saturated rings. The van der Waals surface area contributed by atoms with Crippen LogP contribution in [0.4, 0.5) is 5.82 Å². The van der Waals surface area contributed by atoms with Gasteiger partial charge in [0.2, 0.25) is 0 Å². The molecule has 2 rings (SSSR count). The van der Waals surface area contributed by atoms with Crippen LogP contribution < -0.4 is 5.73 Å². The van der Waals surface area contributed by atoms with Crippen molar-refractivity contribution in [1.29, 1.82) is 0 Å². The highest BCUT2D eigenvalue weighted by Crippen LogP contribution is 2.32. The van der Waals surface area contributed by atoms with Gasteiger partial charge in [-0.25, -0.2) is 4.98 Å². The van der Waals surface area contributed by atoms with Crippen molar-refractivity contribution in [2.24, 2.45) is 0 Å². The molecule has 0 aliphatic heterocycles. The number of aryl methyl sites for hydroxylation is 2. The Morgan fingerprint density at radius 3 is 2.53 bits per heavy atom. The molecule has 4 nitrogen and oxygen atoms in total. The van der Waals surface area contributed by atoms with E-state index in [1.165, 1.54) is 0 Å². The highest BCUT2D eigenvalue weighted by Gasteiger charge is 2.29. The minimum absolute atomic E-state index is 0.435. The number of hydrogen-bond donors (Lipinski definition) is 2. The fraction of sp³-hybridized carbons (Fsp3) is 0.308. The Morgan fingerprint density at radius 2 is 2.06 bits per heavy atom. The Bertz CT molecular complexity index is 527. The number of aromatic nitrogens is 1. The third-order valence-electron chi connectivity index (χ3n) is 2.91. The molecule has 0 aromatic carbocycles. The quantitative estimate of drug-likeness (QED) is 0.832. The van der Waals surface area contributed by atoms with Crippen LogP contribution in [-0.4, -0.2) is 10.1 Å². The Labute approximate surface area is 100 Å². The molecule has 90 valence electrons. The van der Waals surface area contributed by atoms with E-state index in [9.17, 15) is 5.11 Å². The normalized spacial score (nSPS) is 14.6. The Hall–Kier alpha value is -1.81. The zero-order chi connectivity index (χ0) is 12.6. The second-order valence-corrected chi connectivity index (χ2v) is 4.37. The maximum absolute atomic E-state index is 10.6. The molecule has 0 aliphatic carbocycles. The lowest BCUT2D eigenvalue weighted by Gasteiger charge is -2.23. The van der Waals surface area contributed by atoms with Crippen LogP contribution >= 0.6 is 0 Å². The molecule has 3 N–H and O–H groups in total. The van der Waals surface area contributed by atoms with Gasteiger partial charge in [0, 0.05) is 17.3 Å². The van der Waals surface area contributed by atoms with Gasteiger partial charge in [-0.3, -0.25) is 0 Å². The Balaban J connectivity index is 2.49. The lowest BCUT2D eigenvalue weighted by Crippen LogP contribution is -2.23. The molecule has 0 amide bonds. The standard InChI is InChI=1S/C13H16N2O2/c1-8-6-11(9(2)17-8)13(3,16)10-4-5-12(14)15-7-10/h4-7,16H,1-3H3,(H2,14,15). The van der Waals surface area contributed by atoms with Gasteiger partial charge in [-0.2, -0.15) is 0 Å². The largest absolute Gasteiger partial charge is 0.466 e. The zero-order valence-corrected chi connectivity index (χ0v) is 10.2. The molecular weight excluding hydrogens is 216 g/mol. The van der Waals surface area contributed by atoms with Gasteiger partial charge in [-0.15, -0.1) is 0 Å². The van der Waals surface area contributed by atoms with E-state index in [1.807, 2.05) is 19.9 Å². The summed E-state index contributed by atoms with van der Waals surface area (Å²) in [5.74, 6) is 1.93. The zero-order valence-electron chi connectivity index (χ0n) is 10.2. The molecule has 17 heavy (non-hydrogen) atoms. The van der Waals surface area contributed by atoms with Gasteiger partial charge in [0.15, 0.2) is 0 Å². The first-order chi connectivity index (χ1) is 7.91. The number of furan rings is 1. The summed E-state index contributed by atoms with van der Waals surface area (Å²) < 4.78 is 5.44. The number of nitrogen functional groups attached to an aromatic ring is 1. The molecule has 0 aliphatic rings. The van der Waals surface area contributed by atoms with E-state index in [0.29, 0.717) is 17.1 Å². The third kappa shape index (κ3) is 2.03. The number of nitrogens with two attached hydrogens (primary N) is 1. The van der Waals surface area contributed by atoms with Crippen LogP contribution in [0.2, 0.25) is 0 Å². The summed E-state index contributed by atoms with van der Waals surface area (Å²) >= 11 is 0. The van der Waals surface area contributed by atoms with E-state index < -0.39 is 5.60 Å². The van der Waals surface area contributed by atoms with Gasteiger partial charge >= 0.3 is 0 Å². The predicted octanol–water partition coefficient (Wildman–Crippen LogP) is 2.13. The molecule has 1 unspecified atom stereocenters. The number of hydrogen-bond acceptors (Lipinski definition) is 4. The van der Waals surface area contributed by atoms with Crippen LogP contribution in [0.5, 0.6) is 0 Å². The molecule has 2 aromatic heterocycles. The van der Waals surface area contributed by atoms with E-state index in [1.54, 1.807) is 25.3 Å². The lowest BCUT2D eigenvalue weighted by atomic mass is 9.89. The minimum Gasteiger partial charge on any atom is -0.466 e. The average Bonchev–Trinajstić information content (AvgIpc) is 2.59. The van der Waals surface area contributed by atoms with Crippen molar-refractivity contribution in [3.63, 3.8) is 0 Å². The maximum atomic E-state index is 10.6. The summed E-state index contributed by atoms with van der Waals surface area (Å²) in [6.45, 7) is 5.41. The molecule has 4 heteroatoms. The van der Waals surface area contributed by atoms with Crippen LogP contribution in [0.25, 0.3) is 0 Å². The number of anilines is 1. The van der Waals surface area contributed by atoms with Crippen molar-refractivity contribution in [2.75, 3.05) is 5.73 Å². The first kappa shape index (κ1) is 11.7. The summed E-state index contributed by atoms with van der Waals surface area (Å²) in [5.41, 5.74) is 5.85. The van der Waals surface area contributed by atoms with Gasteiger partial charge in [-0.05, 0) is 32.9 Å². The van der Waals surface area contributed by atoms with Crippen molar-refractivity contribution in [3.8, 4) is 0 Å². The van der Waals surface area contributed by atoms with Gasteiger partial charge < -0.3 is 15.3 Å². The van der Waals surface area contributed by atoms with Gasteiger partial charge in [0.05, 0.1) is 0 Å². The van der Waals surface area contributed by atoms with Crippen molar-refractivity contribution in [2.45, 2.75) is 26.4 Å². The molecule has 0 saturated heterocycles. The monoisotopic (exact) mass is 232 g/mol. The summed E-state index contributed by atoms with van der Waals surface area (Å²) in [4.78, 5) is 3.99. The summed E-state index contributed by atoms with van der Waals surface area (Å²) in [6, 6.07) is 5.28. The van der Waals surface area contributed by atoms with Crippen LogP contribution in [0.15, 0.2) is 28.8 Å². The van der Waals surface area contributed by atoms with Crippen LogP contribution in [0.3, 0.4) is 0 Å². The maximum Gasteiger partial charge on any atom is 0.123 e. The molecular formula is C13H16N2O2. The van der Waals surface area contributed by atoms with Crippen LogP contribution in [0, 0.1) is 13.8 Å². The summed E-state index contributed by atoms with van der Waals surface area (Å²) in [7, 11) is 0. The fourth-order valence-corrected chi connectivity index (χ4v) is 1.96. The highest BCUT2D eigenvalue weighted by atomic mass is 16.3. The Kier molecular flexibility index (Phi) is 2.67. The predicted molar refractivity (Wildman–Crippen MR) is 65.5 cm³/mol. The topological polar surface area (TPSA) is 72.3 Å². The highest BCUT2D eigenvalue weighted by molar-refractivity contribution is 5.39. The van der Waals surface area contributed by atoms with Crippen LogP contribution in [-0.2, 0) is 5.60 Å². The fourth-order valence-electron chi connectivity index (χ4n) is 1.96. The molecule has 0 bridgehead atoms. The molecule has 0 spiro atoms. The average molecular weight is 232 g/mol. The molecule has 0 radical (unpaired) electrons. The smallest absolute Gasteiger partial charge is 0.123 e. The Morgan fingerprint density at radius 1 is 1.35 bits per heavy atom. The third-order valence-corrected chi connectivity index (χ3v) is 2.91. The van der Waals surface area contributed by atoms with E-state index in [4.69, 9.17) is 10.2 Å². The number of nitrogens with zero attached hydrogens (tertiary/aromatic N) is 1. The summed E-state index contributed by atoms with van der Waals surface area (Å²) in [5, 5.41) is 10.6. The van der Waals surface area contributed by atoms with Crippen molar-refractivity contribution >= 4 is 5.82 Å². The minimum atomic E-state index is -1.12. The van der Waals surface area contributed by atoms with Crippen molar-refractivity contribution in [3.05, 3.63) is 47.0 Å².